The van der Waals surface area contributed by atoms with Crippen LogP contribution in [-0.2, 0) is 16.0 Å². The van der Waals surface area contributed by atoms with Crippen LogP contribution >= 0.6 is 22.9 Å². The first-order chi connectivity index (χ1) is 13.7. The molecule has 3 heterocycles. The lowest BCUT2D eigenvalue weighted by Gasteiger charge is -2.31. The third-order valence-corrected chi connectivity index (χ3v) is 5.39. The Morgan fingerprint density at radius 2 is 2.14 bits per heavy atom. The van der Waals surface area contributed by atoms with Gasteiger partial charge in [0.15, 0.2) is 0 Å². The molecule has 0 radical (unpaired) electrons. The van der Waals surface area contributed by atoms with E-state index in [4.69, 9.17) is 20.9 Å². The van der Waals surface area contributed by atoms with E-state index < -0.39 is 0 Å². The van der Waals surface area contributed by atoms with Gasteiger partial charge in [-0.15, -0.1) is 0 Å². The lowest BCUT2D eigenvalue weighted by Crippen LogP contribution is -2.37. The fraction of sp³-hybridized carbons (Fsp3) is 0.316. The minimum absolute atomic E-state index is 0.132. The van der Waals surface area contributed by atoms with Crippen LogP contribution < -0.4 is 10.2 Å². The van der Waals surface area contributed by atoms with Crippen molar-refractivity contribution in [3.8, 4) is 11.4 Å². The highest BCUT2D eigenvalue weighted by Crippen LogP contribution is 2.34. The van der Waals surface area contributed by atoms with E-state index in [9.17, 15) is 4.79 Å². The van der Waals surface area contributed by atoms with Crippen LogP contribution in [-0.4, -0.2) is 42.4 Å². The summed E-state index contributed by atoms with van der Waals surface area (Å²) in [5.41, 5.74) is 2.45. The van der Waals surface area contributed by atoms with E-state index in [-0.39, 0.29) is 12.3 Å². The number of hydrogen-bond acceptors (Lipinski definition) is 7. The second kappa shape index (κ2) is 8.72. The summed E-state index contributed by atoms with van der Waals surface area (Å²) in [6, 6.07) is 7.44. The van der Waals surface area contributed by atoms with Crippen molar-refractivity contribution in [1.29, 1.82) is 0 Å². The number of para-hydroxylation sites is 1. The van der Waals surface area contributed by atoms with Crippen molar-refractivity contribution in [2.24, 2.45) is 0 Å². The molecule has 7 nitrogen and oxygen atoms in total. The maximum Gasteiger partial charge on any atom is 0.227 e. The SMILES string of the molecule is O=C(CCc1nc(-c2ccsc2)no1)Nc1cccc(Cl)c1N1CCOCC1. The number of aryl methyl sites for hydroxylation is 1. The minimum Gasteiger partial charge on any atom is -0.378 e. The molecule has 1 amide bonds. The molecule has 146 valence electrons. The van der Waals surface area contributed by atoms with Crippen molar-refractivity contribution in [3.05, 3.63) is 45.9 Å². The molecular formula is C19H19ClN4O3S. The molecule has 0 unspecified atom stereocenters. The first-order valence-electron chi connectivity index (χ1n) is 8.97. The largest absolute Gasteiger partial charge is 0.378 e. The summed E-state index contributed by atoms with van der Waals surface area (Å²) < 4.78 is 10.7. The summed E-state index contributed by atoms with van der Waals surface area (Å²) in [6.07, 6.45) is 0.608. The van der Waals surface area contributed by atoms with Crippen LogP contribution in [0.25, 0.3) is 11.4 Å². The molecule has 0 atom stereocenters. The monoisotopic (exact) mass is 418 g/mol. The molecule has 1 aliphatic heterocycles. The molecule has 1 aromatic carbocycles. The summed E-state index contributed by atoms with van der Waals surface area (Å²) in [4.78, 5) is 19.0. The van der Waals surface area contributed by atoms with Crippen molar-refractivity contribution < 1.29 is 14.1 Å². The Kier molecular flexibility index (Phi) is 5.90. The van der Waals surface area contributed by atoms with E-state index in [2.05, 4.69) is 20.4 Å². The van der Waals surface area contributed by atoms with Crippen LogP contribution in [0.4, 0.5) is 11.4 Å². The van der Waals surface area contributed by atoms with Gasteiger partial charge in [-0.25, -0.2) is 0 Å². The molecule has 1 saturated heterocycles. The fourth-order valence-electron chi connectivity index (χ4n) is 3.02. The number of anilines is 2. The highest BCUT2D eigenvalue weighted by molar-refractivity contribution is 7.08. The van der Waals surface area contributed by atoms with Crippen molar-refractivity contribution in [3.63, 3.8) is 0 Å². The highest BCUT2D eigenvalue weighted by atomic mass is 35.5. The average molecular weight is 419 g/mol. The van der Waals surface area contributed by atoms with Crippen LogP contribution in [0.2, 0.25) is 5.02 Å². The van der Waals surface area contributed by atoms with Gasteiger partial charge in [0.05, 0.1) is 29.6 Å². The maximum absolute atomic E-state index is 12.5. The predicted octanol–water partition coefficient (Wildman–Crippen LogP) is 3.86. The third-order valence-electron chi connectivity index (χ3n) is 4.40. The third kappa shape index (κ3) is 4.35. The van der Waals surface area contributed by atoms with E-state index in [1.165, 1.54) is 0 Å². The van der Waals surface area contributed by atoms with Gasteiger partial charge in [0.1, 0.15) is 0 Å². The van der Waals surface area contributed by atoms with Crippen LogP contribution in [0.1, 0.15) is 12.3 Å². The molecule has 1 fully saturated rings. The zero-order valence-electron chi connectivity index (χ0n) is 15.1. The van der Waals surface area contributed by atoms with Gasteiger partial charge in [-0.3, -0.25) is 4.79 Å². The number of amides is 1. The van der Waals surface area contributed by atoms with Gasteiger partial charge in [-0.2, -0.15) is 16.3 Å². The number of carbonyl (C=O) groups is 1. The summed E-state index contributed by atoms with van der Waals surface area (Å²) in [5, 5.41) is 11.4. The summed E-state index contributed by atoms with van der Waals surface area (Å²) in [6.45, 7) is 2.75. The average Bonchev–Trinajstić information content (AvgIpc) is 3.39. The zero-order valence-corrected chi connectivity index (χ0v) is 16.6. The maximum atomic E-state index is 12.5. The van der Waals surface area contributed by atoms with Gasteiger partial charge in [0, 0.05) is 36.9 Å². The Balaban J connectivity index is 1.39. The van der Waals surface area contributed by atoms with Gasteiger partial charge in [-0.1, -0.05) is 22.8 Å². The van der Waals surface area contributed by atoms with Gasteiger partial charge >= 0.3 is 0 Å². The van der Waals surface area contributed by atoms with E-state index >= 15 is 0 Å². The summed E-state index contributed by atoms with van der Waals surface area (Å²) in [7, 11) is 0. The number of benzene rings is 1. The second-order valence-corrected chi connectivity index (χ2v) is 7.49. The Hall–Kier alpha value is -2.42. The number of halogens is 1. The number of nitrogens with one attached hydrogen (secondary N) is 1. The molecular weight excluding hydrogens is 400 g/mol. The lowest BCUT2D eigenvalue weighted by molar-refractivity contribution is -0.116. The molecule has 0 aliphatic carbocycles. The topological polar surface area (TPSA) is 80.5 Å². The quantitative estimate of drug-likeness (QED) is 0.654. The first-order valence-corrected chi connectivity index (χ1v) is 10.3. The predicted molar refractivity (Wildman–Crippen MR) is 109 cm³/mol. The number of carbonyl (C=O) groups excluding carboxylic acids is 1. The number of nitrogens with zero attached hydrogens (tertiary/aromatic N) is 3. The first kappa shape index (κ1) is 18.9. The van der Waals surface area contributed by atoms with Crippen LogP contribution in [0.5, 0.6) is 0 Å². The second-order valence-electron chi connectivity index (χ2n) is 6.31. The van der Waals surface area contributed by atoms with Gasteiger partial charge in [-0.05, 0) is 23.6 Å². The Morgan fingerprint density at radius 1 is 1.29 bits per heavy atom. The molecule has 4 rings (SSSR count). The minimum atomic E-state index is -0.132. The molecule has 3 aromatic rings. The highest BCUT2D eigenvalue weighted by Gasteiger charge is 2.19. The van der Waals surface area contributed by atoms with Gasteiger partial charge in [0.25, 0.3) is 0 Å². The molecule has 0 bridgehead atoms. The van der Waals surface area contributed by atoms with Crippen LogP contribution in [0.3, 0.4) is 0 Å². The molecule has 0 saturated carbocycles. The summed E-state index contributed by atoms with van der Waals surface area (Å²) in [5.74, 6) is 0.851. The van der Waals surface area contributed by atoms with E-state index in [0.29, 0.717) is 42.1 Å². The number of thiophene rings is 1. The van der Waals surface area contributed by atoms with Crippen molar-refractivity contribution >= 4 is 40.2 Å². The standard InChI is InChI=1S/C19H19ClN4O3S/c20-14-2-1-3-15(18(14)24-7-9-26-10-8-24)21-16(25)4-5-17-22-19(23-27-17)13-6-11-28-12-13/h1-3,6,11-12H,4-5,7-10H2,(H,21,25). The van der Waals surface area contributed by atoms with E-state index in [1.807, 2.05) is 35.0 Å². The number of aromatic nitrogens is 2. The Bertz CT molecular complexity index is 939. The number of morpholine rings is 1. The summed E-state index contributed by atoms with van der Waals surface area (Å²) >= 11 is 7.97. The van der Waals surface area contributed by atoms with Gasteiger partial charge in [0.2, 0.25) is 17.6 Å². The molecule has 28 heavy (non-hydrogen) atoms. The molecule has 1 N–H and O–H groups in total. The van der Waals surface area contributed by atoms with E-state index in [1.54, 1.807) is 11.3 Å². The van der Waals surface area contributed by atoms with Crippen molar-refractivity contribution in [2.45, 2.75) is 12.8 Å². The lowest BCUT2D eigenvalue weighted by atomic mass is 10.2. The Morgan fingerprint density at radius 3 is 2.93 bits per heavy atom. The zero-order chi connectivity index (χ0) is 19.3. The van der Waals surface area contributed by atoms with Gasteiger partial charge < -0.3 is 19.5 Å². The normalized spacial score (nSPS) is 14.2. The van der Waals surface area contributed by atoms with Crippen molar-refractivity contribution in [2.75, 3.05) is 36.5 Å². The number of rotatable bonds is 6. The molecule has 1 aliphatic rings. The molecule has 9 heteroatoms. The van der Waals surface area contributed by atoms with E-state index in [0.717, 1.165) is 24.3 Å². The smallest absolute Gasteiger partial charge is 0.227 e. The van der Waals surface area contributed by atoms with Crippen LogP contribution in [0, 0.1) is 0 Å². The number of ether oxygens (including phenoxy) is 1. The Labute approximate surface area is 171 Å². The van der Waals surface area contributed by atoms with Crippen LogP contribution in [0.15, 0.2) is 39.5 Å². The fourth-order valence-corrected chi connectivity index (χ4v) is 3.95. The molecule has 2 aromatic heterocycles. The molecule has 0 spiro atoms. The van der Waals surface area contributed by atoms with Crippen molar-refractivity contribution in [1.82, 2.24) is 10.1 Å². The number of hydrogen-bond donors (Lipinski definition) is 1.